The molecule has 7 nitrogen and oxygen atoms in total. The predicted octanol–water partition coefficient (Wildman–Crippen LogP) is 0.294. The Morgan fingerprint density at radius 2 is 2.21 bits per heavy atom. The molecule has 0 aromatic carbocycles. The van der Waals surface area contributed by atoms with E-state index in [-0.39, 0.29) is 17.6 Å². The summed E-state index contributed by atoms with van der Waals surface area (Å²) in [5.41, 5.74) is 0. The minimum absolute atomic E-state index is 0.00984. The molecule has 2 heterocycles. The molecular formula is C11H17N3O4S. The van der Waals surface area contributed by atoms with Crippen LogP contribution in [0.1, 0.15) is 19.8 Å². The third-order valence-electron chi connectivity index (χ3n) is 3.42. The number of rotatable bonds is 3. The molecule has 0 radical (unpaired) electrons. The Kier molecular flexibility index (Phi) is 3.64. The van der Waals surface area contributed by atoms with Gasteiger partial charge in [0.1, 0.15) is 0 Å². The normalized spacial score (nSPS) is 25.4. The highest BCUT2D eigenvalue weighted by atomic mass is 32.2. The first-order chi connectivity index (χ1) is 8.82. The van der Waals surface area contributed by atoms with Crippen LogP contribution in [0.3, 0.4) is 0 Å². The molecule has 0 saturated carbocycles. The van der Waals surface area contributed by atoms with Gasteiger partial charge in [-0.3, -0.25) is 4.79 Å². The van der Waals surface area contributed by atoms with Gasteiger partial charge in [-0.2, -0.15) is 4.31 Å². The molecule has 1 aliphatic rings. The van der Waals surface area contributed by atoms with Gasteiger partial charge in [0.2, 0.25) is 0 Å². The summed E-state index contributed by atoms with van der Waals surface area (Å²) in [7, 11) is -1.93. The molecule has 0 aliphatic carbocycles. The van der Waals surface area contributed by atoms with Crippen LogP contribution in [0.15, 0.2) is 17.6 Å². The topological polar surface area (TPSA) is 92.5 Å². The van der Waals surface area contributed by atoms with Crippen LogP contribution in [0.2, 0.25) is 0 Å². The fourth-order valence-corrected chi connectivity index (χ4v) is 4.00. The van der Waals surface area contributed by atoms with E-state index in [9.17, 15) is 13.2 Å². The first kappa shape index (κ1) is 14.0. The number of imidazole rings is 1. The molecule has 1 aliphatic heterocycles. The number of sulfonamides is 1. The van der Waals surface area contributed by atoms with Crippen molar-refractivity contribution in [1.82, 2.24) is 13.9 Å². The molecule has 1 saturated heterocycles. The second kappa shape index (κ2) is 4.93. The van der Waals surface area contributed by atoms with Crippen molar-refractivity contribution in [3.8, 4) is 0 Å². The van der Waals surface area contributed by atoms with Crippen LogP contribution in [0.5, 0.6) is 0 Å². The quantitative estimate of drug-likeness (QED) is 0.862. The van der Waals surface area contributed by atoms with Crippen molar-refractivity contribution in [3.63, 3.8) is 0 Å². The van der Waals surface area contributed by atoms with Crippen LogP contribution in [0, 0.1) is 5.92 Å². The van der Waals surface area contributed by atoms with E-state index in [0.29, 0.717) is 12.8 Å². The van der Waals surface area contributed by atoms with Crippen molar-refractivity contribution in [2.24, 2.45) is 13.0 Å². The largest absolute Gasteiger partial charge is 0.481 e. The van der Waals surface area contributed by atoms with Crippen LogP contribution in [0.25, 0.3) is 0 Å². The molecule has 2 unspecified atom stereocenters. The monoisotopic (exact) mass is 287 g/mol. The third kappa shape index (κ3) is 2.64. The van der Waals surface area contributed by atoms with Crippen molar-refractivity contribution < 1.29 is 18.3 Å². The lowest BCUT2D eigenvalue weighted by Crippen LogP contribution is -2.46. The van der Waals surface area contributed by atoms with E-state index < -0.39 is 21.9 Å². The maximum absolute atomic E-state index is 12.4. The molecule has 0 bridgehead atoms. The zero-order valence-corrected chi connectivity index (χ0v) is 11.7. The van der Waals surface area contributed by atoms with E-state index in [0.717, 1.165) is 0 Å². The summed E-state index contributed by atoms with van der Waals surface area (Å²) in [6, 6.07) is -0.332. The van der Waals surface area contributed by atoms with Crippen molar-refractivity contribution in [2.75, 3.05) is 6.54 Å². The lowest BCUT2D eigenvalue weighted by atomic mass is 9.93. The van der Waals surface area contributed by atoms with E-state index in [1.165, 1.54) is 16.8 Å². The Labute approximate surface area is 111 Å². The first-order valence-electron chi connectivity index (χ1n) is 6.05. The molecule has 2 rings (SSSR count). The Morgan fingerprint density at radius 1 is 1.53 bits per heavy atom. The van der Waals surface area contributed by atoms with Crippen molar-refractivity contribution in [3.05, 3.63) is 12.5 Å². The lowest BCUT2D eigenvalue weighted by Gasteiger charge is -2.34. The van der Waals surface area contributed by atoms with E-state index >= 15 is 0 Å². The summed E-state index contributed by atoms with van der Waals surface area (Å²) in [5, 5.41) is 8.99. The highest BCUT2D eigenvalue weighted by molar-refractivity contribution is 7.89. The fraction of sp³-hybridized carbons (Fsp3) is 0.636. The van der Waals surface area contributed by atoms with Gasteiger partial charge in [-0.05, 0) is 19.8 Å². The average Bonchev–Trinajstić information content (AvgIpc) is 2.76. The fourth-order valence-electron chi connectivity index (χ4n) is 2.37. The zero-order chi connectivity index (χ0) is 14.2. The second-order valence-corrected chi connectivity index (χ2v) is 6.74. The summed E-state index contributed by atoms with van der Waals surface area (Å²) in [6.07, 6.45) is 3.56. The highest BCUT2D eigenvalue weighted by Crippen LogP contribution is 2.27. The first-order valence-corrected chi connectivity index (χ1v) is 7.49. The molecule has 0 amide bonds. The lowest BCUT2D eigenvalue weighted by molar-refractivity contribution is -0.143. The molecule has 0 spiro atoms. The number of carboxylic acids is 1. The number of hydrogen-bond acceptors (Lipinski definition) is 4. The molecular weight excluding hydrogens is 270 g/mol. The summed E-state index contributed by atoms with van der Waals surface area (Å²) in [4.78, 5) is 14.8. The summed E-state index contributed by atoms with van der Waals surface area (Å²) in [6.45, 7) is 1.95. The van der Waals surface area contributed by atoms with Crippen molar-refractivity contribution in [1.29, 1.82) is 0 Å². The molecule has 1 aromatic heterocycles. The van der Waals surface area contributed by atoms with Crippen LogP contribution >= 0.6 is 0 Å². The van der Waals surface area contributed by atoms with Gasteiger partial charge in [0.05, 0.1) is 12.2 Å². The minimum atomic E-state index is -3.63. The number of carboxylic acid groups (broad SMARTS) is 1. The molecule has 1 N–H and O–H groups in total. The summed E-state index contributed by atoms with van der Waals surface area (Å²) in [5.74, 6) is -1.33. The van der Waals surface area contributed by atoms with Crippen LogP contribution < -0.4 is 0 Å². The highest BCUT2D eigenvalue weighted by Gasteiger charge is 2.37. The zero-order valence-electron chi connectivity index (χ0n) is 10.9. The van der Waals surface area contributed by atoms with Crippen LogP contribution in [-0.4, -0.2) is 45.9 Å². The van der Waals surface area contributed by atoms with E-state index in [2.05, 4.69) is 4.98 Å². The van der Waals surface area contributed by atoms with Gasteiger partial charge in [0.25, 0.3) is 10.0 Å². The maximum atomic E-state index is 12.4. The van der Waals surface area contributed by atoms with Gasteiger partial charge >= 0.3 is 5.97 Å². The Hall–Kier alpha value is -1.41. The van der Waals surface area contributed by atoms with Gasteiger partial charge in [-0.25, -0.2) is 13.4 Å². The van der Waals surface area contributed by atoms with Crippen LogP contribution in [-0.2, 0) is 21.9 Å². The Bertz CT molecular complexity index is 581. The van der Waals surface area contributed by atoms with Gasteiger partial charge in [0.15, 0.2) is 5.03 Å². The van der Waals surface area contributed by atoms with E-state index in [1.54, 1.807) is 18.5 Å². The third-order valence-corrected chi connectivity index (χ3v) is 5.32. The SMILES string of the molecule is CC1CC(C(=O)O)CCN1S(=O)(=O)c1cn(C)cn1. The number of nitrogens with zero attached hydrogens (tertiary/aromatic N) is 3. The Balaban J connectivity index is 2.21. The molecule has 19 heavy (non-hydrogen) atoms. The van der Waals surface area contributed by atoms with Gasteiger partial charge in [-0.1, -0.05) is 0 Å². The maximum Gasteiger partial charge on any atom is 0.306 e. The van der Waals surface area contributed by atoms with Gasteiger partial charge in [0, 0.05) is 25.8 Å². The van der Waals surface area contributed by atoms with Gasteiger partial charge < -0.3 is 9.67 Å². The minimum Gasteiger partial charge on any atom is -0.481 e. The summed E-state index contributed by atoms with van der Waals surface area (Å²) < 4.78 is 27.7. The predicted molar refractivity (Wildman–Crippen MR) is 66.9 cm³/mol. The van der Waals surface area contributed by atoms with Gasteiger partial charge in [-0.15, -0.1) is 0 Å². The van der Waals surface area contributed by atoms with Crippen molar-refractivity contribution in [2.45, 2.75) is 30.8 Å². The van der Waals surface area contributed by atoms with Crippen LogP contribution in [0.4, 0.5) is 0 Å². The Morgan fingerprint density at radius 3 is 2.68 bits per heavy atom. The number of aryl methyl sites for hydroxylation is 1. The summed E-state index contributed by atoms with van der Waals surface area (Å²) >= 11 is 0. The average molecular weight is 287 g/mol. The molecule has 1 aromatic rings. The molecule has 106 valence electrons. The van der Waals surface area contributed by atoms with Crippen molar-refractivity contribution >= 4 is 16.0 Å². The standard InChI is InChI=1S/C11H17N3O4S/c1-8-5-9(11(15)16)3-4-14(8)19(17,18)10-6-13(2)7-12-10/h6-9H,3-5H2,1-2H3,(H,15,16). The number of carbonyl (C=O) groups is 1. The second-order valence-electron chi connectivity index (χ2n) is 4.90. The van der Waals surface area contributed by atoms with E-state index in [1.807, 2.05) is 0 Å². The molecule has 1 fully saturated rings. The molecule has 8 heteroatoms. The molecule has 2 atom stereocenters. The number of piperidine rings is 1. The van der Waals surface area contributed by atoms with E-state index in [4.69, 9.17) is 5.11 Å². The number of aromatic nitrogens is 2. The smallest absolute Gasteiger partial charge is 0.306 e. The number of hydrogen-bond donors (Lipinski definition) is 1. The number of aliphatic carboxylic acids is 1.